The Hall–Kier alpha value is -3.68. The van der Waals surface area contributed by atoms with E-state index in [-0.39, 0.29) is 11.6 Å². The first-order valence-electron chi connectivity index (χ1n) is 10.5. The molecule has 2 aliphatic rings. The van der Waals surface area contributed by atoms with Gasteiger partial charge in [-0.1, -0.05) is 12.1 Å². The van der Waals surface area contributed by atoms with Crippen molar-refractivity contribution in [2.45, 2.75) is 19.0 Å². The second-order valence-electron chi connectivity index (χ2n) is 7.85. The van der Waals surface area contributed by atoms with Crippen molar-refractivity contribution in [1.29, 1.82) is 0 Å². The summed E-state index contributed by atoms with van der Waals surface area (Å²) in [6, 6.07) is 11.6. The van der Waals surface area contributed by atoms with Crippen molar-refractivity contribution in [3.8, 4) is 23.0 Å². The normalized spacial score (nSPS) is 16.3. The van der Waals surface area contributed by atoms with Crippen LogP contribution in [0.1, 0.15) is 22.7 Å². The van der Waals surface area contributed by atoms with Crippen molar-refractivity contribution in [2.24, 2.45) is 0 Å². The highest BCUT2D eigenvalue weighted by atomic mass is 16.5. The van der Waals surface area contributed by atoms with Gasteiger partial charge in [0.05, 0.1) is 40.1 Å². The molecule has 5 rings (SSSR count). The van der Waals surface area contributed by atoms with Crippen LogP contribution in [0.5, 0.6) is 23.0 Å². The zero-order valence-corrected chi connectivity index (χ0v) is 18.3. The lowest BCUT2D eigenvalue weighted by Crippen LogP contribution is -2.44. The van der Waals surface area contributed by atoms with Gasteiger partial charge in [-0.25, -0.2) is 4.68 Å². The molecule has 3 aromatic rings. The number of nitrogens with zero attached hydrogens (tertiary/aromatic N) is 3. The van der Waals surface area contributed by atoms with Crippen LogP contribution in [0.2, 0.25) is 0 Å². The van der Waals surface area contributed by atoms with Crippen LogP contribution in [0.4, 0.5) is 5.69 Å². The number of methoxy groups -OCH3 is 3. The summed E-state index contributed by atoms with van der Waals surface area (Å²) in [6.45, 7) is 1.52. The van der Waals surface area contributed by atoms with Crippen LogP contribution in [0, 0.1) is 0 Å². The van der Waals surface area contributed by atoms with Crippen LogP contribution in [-0.4, -0.2) is 44.3 Å². The Morgan fingerprint density at radius 1 is 1.06 bits per heavy atom. The number of hydrogen-bond acceptors (Lipinski definition) is 7. The molecule has 0 fully saturated rings. The third-order valence-electron chi connectivity index (χ3n) is 6.17. The quantitative estimate of drug-likeness (QED) is 0.610. The van der Waals surface area contributed by atoms with Crippen LogP contribution in [0.15, 0.2) is 47.4 Å². The molecule has 8 nitrogen and oxygen atoms in total. The maximum atomic E-state index is 13.1. The van der Waals surface area contributed by atoms with E-state index in [1.807, 2.05) is 36.4 Å². The fraction of sp³-hybridized carbons (Fsp3) is 0.333. The van der Waals surface area contributed by atoms with Crippen molar-refractivity contribution >= 4 is 5.69 Å². The van der Waals surface area contributed by atoms with E-state index in [9.17, 15) is 4.79 Å². The van der Waals surface area contributed by atoms with E-state index >= 15 is 0 Å². The second kappa shape index (κ2) is 8.11. The van der Waals surface area contributed by atoms with E-state index in [1.165, 1.54) is 10.2 Å². The average Bonchev–Trinajstić information content (AvgIpc) is 2.84. The molecule has 3 heterocycles. The lowest BCUT2D eigenvalue weighted by atomic mass is 9.91. The molecule has 0 N–H and O–H groups in total. The predicted octanol–water partition coefficient (Wildman–Crippen LogP) is 2.81. The van der Waals surface area contributed by atoms with E-state index in [0.29, 0.717) is 24.7 Å². The number of hydrogen-bond donors (Lipinski definition) is 0. The first kappa shape index (κ1) is 20.2. The molecular formula is C24H25N3O5. The Bertz CT molecular complexity index is 1210. The average molecular weight is 435 g/mol. The van der Waals surface area contributed by atoms with Crippen LogP contribution in [0.3, 0.4) is 0 Å². The standard InChI is InChI=1S/C24H25N3O5/c1-29-17-6-4-15(5-7-17)13-27-24(28)23-19(12-25-27)26-9-8-16-10-21(30-2)22(31-3)11-18(16)20(26)14-32-23/h4-7,10-12,20H,8-9,13-14H2,1-3H3. The van der Waals surface area contributed by atoms with Gasteiger partial charge >= 0.3 is 5.56 Å². The van der Waals surface area contributed by atoms with Crippen molar-refractivity contribution in [1.82, 2.24) is 9.78 Å². The molecular weight excluding hydrogens is 410 g/mol. The number of aromatic nitrogens is 2. The Labute approximate surface area is 185 Å². The van der Waals surface area contributed by atoms with Gasteiger partial charge in [0.2, 0.25) is 5.75 Å². The number of anilines is 1. The molecule has 0 aliphatic carbocycles. The number of benzene rings is 2. The van der Waals surface area contributed by atoms with Gasteiger partial charge in [0, 0.05) is 6.54 Å². The summed E-state index contributed by atoms with van der Waals surface area (Å²) in [6.07, 6.45) is 2.57. The first-order chi connectivity index (χ1) is 15.6. The fourth-order valence-corrected chi connectivity index (χ4v) is 4.48. The third-order valence-corrected chi connectivity index (χ3v) is 6.17. The molecule has 1 aromatic heterocycles. The molecule has 32 heavy (non-hydrogen) atoms. The van der Waals surface area contributed by atoms with E-state index in [1.54, 1.807) is 27.5 Å². The zero-order chi connectivity index (χ0) is 22.2. The second-order valence-corrected chi connectivity index (χ2v) is 7.85. The zero-order valence-electron chi connectivity index (χ0n) is 18.3. The summed E-state index contributed by atoms with van der Waals surface area (Å²) in [4.78, 5) is 15.3. The summed E-state index contributed by atoms with van der Waals surface area (Å²) in [5.74, 6) is 2.54. The van der Waals surface area contributed by atoms with Gasteiger partial charge in [-0.3, -0.25) is 4.79 Å². The molecule has 2 aromatic carbocycles. The lowest BCUT2D eigenvalue weighted by molar-refractivity contribution is 0.251. The smallest absolute Gasteiger partial charge is 0.311 e. The van der Waals surface area contributed by atoms with Gasteiger partial charge in [0.1, 0.15) is 18.0 Å². The van der Waals surface area contributed by atoms with Crippen molar-refractivity contribution in [3.63, 3.8) is 0 Å². The van der Waals surface area contributed by atoms with Gasteiger partial charge in [0.15, 0.2) is 11.5 Å². The Balaban J connectivity index is 1.46. The minimum Gasteiger partial charge on any atom is -0.497 e. The SMILES string of the molecule is COc1ccc(Cn2ncc3c(c2=O)OCC2c4cc(OC)c(OC)cc4CCN32)cc1. The Morgan fingerprint density at radius 2 is 1.81 bits per heavy atom. The monoisotopic (exact) mass is 435 g/mol. The minimum absolute atomic E-state index is 0.00954. The third kappa shape index (κ3) is 3.32. The molecule has 1 atom stereocenters. The van der Waals surface area contributed by atoms with Gasteiger partial charge < -0.3 is 23.8 Å². The van der Waals surface area contributed by atoms with Crippen molar-refractivity contribution in [2.75, 3.05) is 39.4 Å². The van der Waals surface area contributed by atoms with E-state index in [0.717, 1.165) is 41.3 Å². The predicted molar refractivity (Wildman–Crippen MR) is 119 cm³/mol. The summed E-state index contributed by atoms with van der Waals surface area (Å²) >= 11 is 0. The highest BCUT2D eigenvalue weighted by molar-refractivity contribution is 5.62. The van der Waals surface area contributed by atoms with Crippen molar-refractivity contribution in [3.05, 3.63) is 69.6 Å². The maximum Gasteiger partial charge on any atom is 0.311 e. The van der Waals surface area contributed by atoms with Gasteiger partial charge in [0.25, 0.3) is 0 Å². The van der Waals surface area contributed by atoms with Gasteiger partial charge in [-0.05, 0) is 47.4 Å². The van der Waals surface area contributed by atoms with Crippen molar-refractivity contribution < 1.29 is 18.9 Å². The largest absolute Gasteiger partial charge is 0.497 e. The molecule has 0 saturated carbocycles. The summed E-state index contributed by atoms with van der Waals surface area (Å²) < 4.78 is 23.6. The van der Waals surface area contributed by atoms with Gasteiger partial charge in [-0.2, -0.15) is 5.10 Å². The van der Waals surface area contributed by atoms with Crippen LogP contribution in [-0.2, 0) is 13.0 Å². The fourth-order valence-electron chi connectivity index (χ4n) is 4.48. The topological polar surface area (TPSA) is 75.1 Å². The first-order valence-corrected chi connectivity index (χ1v) is 10.5. The molecule has 166 valence electrons. The summed E-state index contributed by atoms with van der Waals surface area (Å²) in [7, 11) is 4.90. The minimum atomic E-state index is -0.227. The highest BCUT2D eigenvalue weighted by Crippen LogP contribution is 2.43. The number of rotatable bonds is 5. The molecule has 8 heteroatoms. The Kier molecular flexibility index (Phi) is 5.13. The maximum absolute atomic E-state index is 13.1. The van der Waals surface area contributed by atoms with E-state index in [4.69, 9.17) is 18.9 Å². The van der Waals surface area contributed by atoms with Crippen LogP contribution >= 0.6 is 0 Å². The molecule has 0 radical (unpaired) electrons. The number of fused-ring (bicyclic) bond motifs is 5. The summed E-state index contributed by atoms with van der Waals surface area (Å²) in [5.41, 5.74) is 3.80. The van der Waals surface area contributed by atoms with E-state index < -0.39 is 0 Å². The van der Waals surface area contributed by atoms with E-state index in [2.05, 4.69) is 10.00 Å². The van der Waals surface area contributed by atoms with Gasteiger partial charge in [-0.15, -0.1) is 0 Å². The summed E-state index contributed by atoms with van der Waals surface area (Å²) in [5, 5.41) is 4.44. The lowest BCUT2D eigenvalue weighted by Gasteiger charge is -2.42. The number of ether oxygens (including phenoxy) is 4. The molecule has 0 bridgehead atoms. The molecule has 0 saturated heterocycles. The van der Waals surface area contributed by atoms with Crippen LogP contribution in [0.25, 0.3) is 0 Å². The molecule has 1 unspecified atom stereocenters. The van der Waals surface area contributed by atoms with Crippen LogP contribution < -0.4 is 29.4 Å². The molecule has 0 amide bonds. The Morgan fingerprint density at radius 3 is 2.53 bits per heavy atom. The highest BCUT2D eigenvalue weighted by Gasteiger charge is 2.36. The molecule has 0 spiro atoms. The molecule has 2 aliphatic heterocycles.